The van der Waals surface area contributed by atoms with E-state index in [2.05, 4.69) is 5.32 Å². The van der Waals surface area contributed by atoms with Crippen molar-refractivity contribution in [2.75, 3.05) is 13.2 Å². The maximum absolute atomic E-state index is 13.6. The molecule has 0 bridgehead atoms. The van der Waals surface area contributed by atoms with Crippen LogP contribution in [0.3, 0.4) is 0 Å². The van der Waals surface area contributed by atoms with Gasteiger partial charge in [-0.15, -0.1) is 0 Å². The highest BCUT2D eigenvalue weighted by molar-refractivity contribution is 5.94. The number of hydrogen-bond donors (Lipinski definition) is 2. The van der Waals surface area contributed by atoms with Crippen molar-refractivity contribution in [2.24, 2.45) is 0 Å². The van der Waals surface area contributed by atoms with E-state index >= 15 is 0 Å². The average molecular weight is 323 g/mol. The van der Waals surface area contributed by atoms with Crippen molar-refractivity contribution in [2.45, 2.75) is 12.3 Å². The van der Waals surface area contributed by atoms with Gasteiger partial charge in [0.2, 0.25) is 0 Å². The van der Waals surface area contributed by atoms with Crippen LogP contribution in [0.2, 0.25) is 0 Å². The smallest absolute Gasteiger partial charge is 0.254 e. The molecule has 3 nitrogen and oxygen atoms in total. The highest BCUT2D eigenvalue weighted by atomic mass is 19.2. The van der Waals surface area contributed by atoms with Gasteiger partial charge in [-0.3, -0.25) is 4.79 Å². The van der Waals surface area contributed by atoms with Gasteiger partial charge in [-0.2, -0.15) is 0 Å². The summed E-state index contributed by atoms with van der Waals surface area (Å²) in [7, 11) is 0. The van der Waals surface area contributed by atoms with Gasteiger partial charge >= 0.3 is 0 Å². The minimum absolute atomic E-state index is 0.0744. The summed E-state index contributed by atoms with van der Waals surface area (Å²) in [6.45, 7) is 0.0663. The minimum Gasteiger partial charge on any atom is -0.396 e. The molecular weight excluding hydrogens is 307 g/mol. The van der Waals surface area contributed by atoms with E-state index in [0.717, 1.165) is 11.6 Å². The fraction of sp³-hybridized carbons (Fsp3) is 0.235. The Balaban J connectivity index is 2.09. The van der Waals surface area contributed by atoms with Crippen LogP contribution in [-0.2, 0) is 0 Å². The summed E-state index contributed by atoms with van der Waals surface area (Å²) in [6.07, 6.45) is 0.407. The Morgan fingerprint density at radius 2 is 1.74 bits per heavy atom. The quantitative estimate of drug-likeness (QED) is 0.803. The molecule has 0 aliphatic carbocycles. The highest BCUT2D eigenvalue weighted by Gasteiger charge is 2.20. The Morgan fingerprint density at radius 3 is 2.39 bits per heavy atom. The Bertz CT molecular complexity index is 677. The number of amides is 1. The van der Waals surface area contributed by atoms with Gasteiger partial charge in [-0.25, -0.2) is 13.2 Å². The van der Waals surface area contributed by atoms with Crippen molar-refractivity contribution in [3.63, 3.8) is 0 Å². The standard InChI is InChI=1S/C17H16F3NO2/c18-14-7-6-13(15(19)16(14)20)17(23)21-10-12(8-9-22)11-4-2-1-3-5-11/h1-7,12,22H,8-10H2,(H,21,23). The molecule has 0 saturated carbocycles. The molecule has 0 saturated heterocycles. The fourth-order valence-corrected chi connectivity index (χ4v) is 2.28. The fourth-order valence-electron chi connectivity index (χ4n) is 2.28. The van der Waals surface area contributed by atoms with Crippen LogP contribution in [0.25, 0.3) is 0 Å². The number of hydrogen-bond acceptors (Lipinski definition) is 2. The van der Waals surface area contributed by atoms with Gasteiger partial charge in [0, 0.05) is 19.1 Å². The molecule has 122 valence electrons. The zero-order valence-electron chi connectivity index (χ0n) is 12.2. The van der Waals surface area contributed by atoms with E-state index in [-0.39, 0.29) is 19.1 Å². The molecule has 1 atom stereocenters. The molecule has 2 aromatic carbocycles. The van der Waals surface area contributed by atoms with Crippen LogP contribution in [-0.4, -0.2) is 24.2 Å². The SMILES string of the molecule is O=C(NCC(CCO)c1ccccc1)c1ccc(F)c(F)c1F. The normalized spacial score (nSPS) is 12.0. The Hall–Kier alpha value is -2.34. The molecule has 2 aromatic rings. The second-order valence-corrected chi connectivity index (χ2v) is 5.05. The molecule has 2 N–H and O–H groups in total. The molecule has 6 heteroatoms. The molecule has 0 aliphatic heterocycles. The van der Waals surface area contributed by atoms with E-state index in [1.807, 2.05) is 30.3 Å². The summed E-state index contributed by atoms with van der Waals surface area (Å²) in [6, 6.07) is 10.8. The van der Waals surface area contributed by atoms with Crippen molar-refractivity contribution >= 4 is 5.91 Å². The number of carbonyl (C=O) groups excluding carboxylic acids is 1. The number of rotatable bonds is 6. The summed E-state index contributed by atoms with van der Waals surface area (Å²) in [5, 5.41) is 11.6. The largest absolute Gasteiger partial charge is 0.396 e. The number of benzene rings is 2. The predicted octanol–water partition coefficient (Wildman–Crippen LogP) is 3.00. The number of carbonyl (C=O) groups is 1. The Morgan fingerprint density at radius 1 is 1.04 bits per heavy atom. The maximum Gasteiger partial charge on any atom is 0.254 e. The Kier molecular flexibility index (Phi) is 5.76. The van der Waals surface area contributed by atoms with E-state index in [9.17, 15) is 18.0 Å². The van der Waals surface area contributed by atoms with Crippen molar-refractivity contribution < 1.29 is 23.1 Å². The summed E-state index contributed by atoms with van der Waals surface area (Å²) >= 11 is 0. The van der Waals surface area contributed by atoms with Crippen molar-refractivity contribution in [1.82, 2.24) is 5.32 Å². The van der Waals surface area contributed by atoms with E-state index in [4.69, 9.17) is 5.11 Å². The molecule has 0 spiro atoms. The van der Waals surface area contributed by atoms with Gasteiger partial charge < -0.3 is 10.4 Å². The summed E-state index contributed by atoms with van der Waals surface area (Å²) in [5.74, 6) is -5.53. The predicted molar refractivity (Wildman–Crippen MR) is 79.5 cm³/mol. The summed E-state index contributed by atoms with van der Waals surface area (Å²) in [5.41, 5.74) is 0.354. The second-order valence-electron chi connectivity index (χ2n) is 5.05. The maximum atomic E-state index is 13.6. The molecule has 1 unspecified atom stereocenters. The van der Waals surface area contributed by atoms with Crippen LogP contribution in [0.15, 0.2) is 42.5 Å². The topological polar surface area (TPSA) is 49.3 Å². The van der Waals surface area contributed by atoms with Crippen LogP contribution in [0.1, 0.15) is 28.3 Å². The zero-order valence-corrected chi connectivity index (χ0v) is 12.2. The van der Waals surface area contributed by atoms with Crippen LogP contribution in [0.4, 0.5) is 13.2 Å². The first-order valence-corrected chi connectivity index (χ1v) is 7.12. The van der Waals surface area contributed by atoms with Crippen molar-refractivity contribution in [3.8, 4) is 0 Å². The number of aliphatic hydroxyl groups excluding tert-OH is 1. The second kappa shape index (κ2) is 7.78. The molecule has 0 heterocycles. The van der Waals surface area contributed by atoms with Gasteiger partial charge in [0.05, 0.1) is 5.56 Å². The van der Waals surface area contributed by atoms with Gasteiger partial charge in [0.25, 0.3) is 5.91 Å². The lowest BCUT2D eigenvalue weighted by atomic mass is 9.96. The minimum atomic E-state index is -1.67. The van der Waals surface area contributed by atoms with E-state index in [0.29, 0.717) is 12.5 Å². The summed E-state index contributed by atoms with van der Waals surface area (Å²) < 4.78 is 39.6. The lowest BCUT2D eigenvalue weighted by Gasteiger charge is -2.17. The molecule has 0 aliphatic rings. The number of halogens is 3. The lowest BCUT2D eigenvalue weighted by Crippen LogP contribution is -2.29. The van der Waals surface area contributed by atoms with Crippen LogP contribution in [0.5, 0.6) is 0 Å². The van der Waals surface area contributed by atoms with Gasteiger partial charge in [0.15, 0.2) is 17.5 Å². The number of aliphatic hydroxyl groups is 1. The van der Waals surface area contributed by atoms with Crippen LogP contribution < -0.4 is 5.32 Å². The van der Waals surface area contributed by atoms with Gasteiger partial charge in [-0.05, 0) is 24.1 Å². The summed E-state index contributed by atoms with van der Waals surface area (Å²) in [4.78, 5) is 12.0. The monoisotopic (exact) mass is 323 g/mol. The molecule has 1 amide bonds. The molecule has 23 heavy (non-hydrogen) atoms. The zero-order chi connectivity index (χ0) is 16.8. The van der Waals surface area contributed by atoms with Crippen LogP contribution >= 0.6 is 0 Å². The average Bonchev–Trinajstić information content (AvgIpc) is 2.57. The van der Waals surface area contributed by atoms with E-state index < -0.39 is 28.9 Å². The first-order chi connectivity index (χ1) is 11.0. The highest BCUT2D eigenvalue weighted by Crippen LogP contribution is 2.19. The van der Waals surface area contributed by atoms with Crippen molar-refractivity contribution in [1.29, 1.82) is 0 Å². The number of nitrogens with one attached hydrogen (secondary N) is 1. The van der Waals surface area contributed by atoms with E-state index in [1.165, 1.54) is 0 Å². The van der Waals surface area contributed by atoms with E-state index in [1.54, 1.807) is 0 Å². The van der Waals surface area contributed by atoms with Crippen molar-refractivity contribution in [3.05, 3.63) is 71.0 Å². The van der Waals surface area contributed by atoms with Crippen LogP contribution in [0, 0.1) is 17.5 Å². The third-order valence-electron chi connectivity index (χ3n) is 3.54. The molecule has 0 fully saturated rings. The third-order valence-corrected chi connectivity index (χ3v) is 3.54. The first-order valence-electron chi connectivity index (χ1n) is 7.12. The molecular formula is C17H16F3NO2. The molecule has 0 radical (unpaired) electrons. The third kappa shape index (κ3) is 4.10. The first kappa shape index (κ1) is 17.0. The lowest BCUT2D eigenvalue weighted by molar-refractivity contribution is 0.0944. The van der Waals surface area contributed by atoms with Gasteiger partial charge in [-0.1, -0.05) is 30.3 Å². The molecule has 2 rings (SSSR count). The Labute approximate surface area is 131 Å². The van der Waals surface area contributed by atoms with Gasteiger partial charge in [0.1, 0.15) is 0 Å². The molecule has 0 aromatic heterocycles.